The van der Waals surface area contributed by atoms with Gasteiger partial charge in [0.25, 0.3) is 0 Å². The number of carbonyl (C=O) groups excluding carboxylic acids is 3. The van der Waals surface area contributed by atoms with Gasteiger partial charge in [-0.05, 0) is 31.5 Å². The maximum atomic E-state index is 11.6. The standard InChI is InChI=1S/C25H42N2O11S/c1-14(28)35-13-20-24(37-16(3)30)19(36-15(2)29)11-21(38-20)34-9-7-6-8-26-25(39)27-18-10-17(12-32-4)22(31)23(18)33-5/h17-24,31H,6-13H2,1-5H3,(H2,26,27,39). The molecule has 224 valence electrons. The fourth-order valence-electron chi connectivity index (χ4n) is 4.80. The summed E-state index contributed by atoms with van der Waals surface area (Å²) < 4.78 is 38.1. The molecule has 1 saturated carbocycles. The van der Waals surface area contributed by atoms with E-state index in [1.807, 2.05) is 0 Å². The molecule has 1 saturated heterocycles. The maximum Gasteiger partial charge on any atom is 0.303 e. The largest absolute Gasteiger partial charge is 0.463 e. The first-order valence-corrected chi connectivity index (χ1v) is 13.5. The molecule has 39 heavy (non-hydrogen) atoms. The highest BCUT2D eigenvalue weighted by molar-refractivity contribution is 7.80. The minimum Gasteiger partial charge on any atom is -0.463 e. The second-order valence-corrected chi connectivity index (χ2v) is 10.00. The minimum atomic E-state index is -0.938. The van der Waals surface area contributed by atoms with E-state index >= 15 is 0 Å². The number of ether oxygens (including phenoxy) is 7. The SMILES string of the molecule is COCC1CC(NC(=S)NCCCCOC2CC(OC(C)=O)C(OC(C)=O)C(COC(C)=O)O2)C(OC)C1O. The first kappa shape index (κ1) is 33.1. The van der Waals surface area contributed by atoms with Crippen molar-refractivity contribution in [2.24, 2.45) is 5.92 Å². The molecule has 0 aromatic carbocycles. The van der Waals surface area contributed by atoms with Crippen molar-refractivity contribution >= 4 is 35.2 Å². The number of thiocarbonyl (C=S) groups is 1. The molecule has 8 unspecified atom stereocenters. The van der Waals surface area contributed by atoms with Crippen molar-refractivity contribution in [1.82, 2.24) is 10.6 Å². The number of carbonyl (C=O) groups is 3. The number of unbranched alkanes of at least 4 members (excludes halogenated alkanes) is 1. The van der Waals surface area contributed by atoms with E-state index in [9.17, 15) is 19.5 Å². The molecule has 0 radical (unpaired) electrons. The van der Waals surface area contributed by atoms with Crippen molar-refractivity contribution in [2.45, 2.75) is 89.3 Å². The van der Waals surface area contributed by atoms with Crippen molar-refractivity contribution in [3.05, 3.63) is 0 Å². The van der Waals surface area contributed by atoms with Crippen LogP contribution in [0, 0.1) is 5.92 Å². The van der Waals surface area contributed by atoms with E-state index in [0.717, 1.165) is 6.42 Å². The van der Waals surface area contributed by atoms with Gasteiger partial charge < -0.3 is 48.9 Å². The van der Waals surface area contributed by atoms with Gasteiger partial charge in [0.1, 0.15) is 24.9 Å². The number of aliphatic hydroxyl groups excluding tert-OH is 1. The lowest BCUT2D eigenvalue weighted by molar-refractivity contribution is -0.266. The van der Waals surface area contributed by atoms with Crippen LogP contribution < -0.4 is 10.6 Å². The van der Waals surface area contributed by atoms with Gasteiger partial charge in [-0.25, -0.2) is 0 Å². The molecule has 0 amide bonds. The Bertz CT molecular complexity index is 817. The zero-order chi connectivity index (χ0) is 28.9. The molecule has 13 nitrogen and oxygen atoms in total. The summed E-state index contributed by atoms with van der Waals surface area (Å²) in [6, 6.07) is -0.127. The Kier molecular flexibility index (Phi) is 14.3. The highest BCUT2D eigenvalue weighted by Crippen LogP contribution is 2.29. The highest BCUT2D eigenvalue weighted by atomic mass is 32.1. The Morgan fingerprint density at radius 1 is 0.974 bits per heavy atom. The first-order chi connectivity index (χ1) is 18.5. The number of hydrogen-bond acceptors (Lipinski definition) is 12. The van der Waals surface area contributed by atoms with Crippen molar-refractivity contribution in [3.63, 3.8) is 0 Å². The van der Waals surface area contributed by atoms with Crippen LogP contribution in [0.25, 0.3) is 0 Å². The van der Waals surface area contributed by atoms with Gasteiger partial charge in [0.15, 0.2) is 17.5 Å². The van der Waals surface area contributed by atoms with Crippen molar-refractivity contribution in [3.8, 4) is 0 Å². The van der Waals surface area contributed by atoms with Crippen LogP contribution in [0.3, 0.4) is 0 Å². The number of esters is 3. The second-order valence-electron chi connectivity index (χ2n) is 9.59. The van der Waals surface area contributed by atoms with Crippen LogP contribution >= 0.6 is 12.2 Å². The van der Waals surface area contributed by atoms with E-state index < -0.39 is 48.6 Å². The topological polar surface area (TPSA) is 160 Å². The number of methoxy groups -OCH3 is 2. The lowest BCUT2D eigenvalue weighted by atomic mass is 10.0. The lowest BCUT2D eigenvalue weighted by Gasteiger charge is -2.39. The van der Waals surface area contributed by atoms with Crippen LogP contribution in [0.5, 0.6) is 0 Å². The van der Waals surface area contributed by atoms with E-state index in [2.05, 4.69) is 10.6 Å². The van der Waals surface area contributed by atoms with Gasteiger partial charge in [0.05, 0.1) is 18.8 Å². The molecule has 0 aromatic heterocycles. The van der Waals surface area contributed by atoms with Crippen LogP contribution in [0.15, 0.2) is 0 Å². The molecule has 2 aliphatic rings. The van der Waals surface area contributed by atoms with E-state index in [-0.39, 0.29) is 31.1 Å². The third kappa shape index (κ3) is 11.1. The molecule has 2 fully saturated rings. The predicted octanol–water partition coefficient (Wildman–Crippen LogP) is 0.200. The van der Waals surface area contributed by atoms with Crippen LogP contribution in [-0.4, -0.2) is 112 Å². The summed E-state index contributed by atoms with van der Waals surface area (Å²) in [6.45, 7) is 4.93. The van der Waals surface area contributed by atoms with Crippen molar-refractivity contribution < 1.29 is 52.6 Å². The number of aliphatic hydroxyl groups is 1. The van der Waals surface area contributed by atoms with Gasteiger partial charge in [0.2, 0.25) is 0 Å². The summed E-state index contributed by atoms with van der Waals surface area (Å²) in [5, 5.41) is 17.3. The molecule has 14 heteroatoms. The number of hydrogen-bond donors (Lipinski definition) is 3. The Morgan fingerprint density at radius 2 is 1.69 bits per heavy atom. The average molecular weight is 579 g/mol. The summed E-state index contributed by atoms with van der Waals surface area (Å²) in [7, 11) is 3.17. The predicted molar refractivity (Wildman–Crippen MR) is 141 cm³/mol. The second kappa shape index (κ2) is 16.9. The zero-order valence-electron chi connectivity index (χ0n) is 23.2. The molecule has 2 rings (SSSR count). The summed E-state index contributed by atoms with van der Waals surface area (Å²) in [5.41, 5.74) is 0. The Balaban J connectivity index is 1.77. The molecule has 0 spiro atoms. The number of rotatable bonds is 14. The Labute approximate surface area is 234 Å². The van der Waals surface area contributed by atoms with Gasteiger partial charge in [0, 0.05) is 60.5 Å². The third-order valence-electron chi connectivity index (χ3n) is 6.46. The quantitative estimate of drug-likeness (QED) is 0.111. The Morgan fingerprint density at radius 3 is 2.31 bits per heavy atom. The normalized spacial score (nSPS) is 30.3. The van der Waals surface area contributed by atoms with Crippen LogP contribution in [0.4, 0.5) is 0 Å². The molecular formula is C25H42N2O11S. The van der Waals surface area contributed by atoms with E-state index in [1.165, 1.54) is 20.8 Å². The van der Waals surface area contributed by atoms with Gasteiger partial charge >= 0.3 is 17.9 Å². The fourth-order valence-corrected chi connectivity index (χ4v) is 5.05. The first-order valence-electron chi connectivity index (χ1n) is 13.0. The molecule has 1 heterocycles. The molecule has 3 N–H and O–H groups in total. The highest BCUT2D eigenvalue weighted by Gasteiger charge is 2.44. The van der Waals surface area contributed by atoms with Gasteiger partial charge in [-0.15, -0.1) is 0 Å². The summed E-state index contributed by atoms with van der Waals surface area (Å²) in [5.74, 6) is -1.68. The van der Waals surface area contributed by atoms with Gasteiger partial charge in [-0.2, -0.15) is 0 Å². The molecule has 0 bridgehead atoms. The zero-order valence-corrected chi connectivity index (χ0v) is 24.0. The van der Waals surface area contributed by atoms with Crippen LogP contribution in [-0.2, 0) is 47.5 Å². The smallest absolute Gasteiger partial charge is 0.303 e. The molecule has 0 aromatic rings. The third-order valence-corrected chi connectivity index (χ3v) is 6.72. The summed E-state index contributed by atoms with van der Waals surface area (Å²) >= 11 is 5.40. The molecule has 1 aliphatic carbocycles. The summed E-state index contributed by atoms with van der Waals surface area (Å²) in [4.78, 5) is 34.6. The Hall–Kier alpha value is -2.10. The van der Waals surface area contributed by atoms with Crippen molar-refractivity contribution in [2.75, 3.05) is 40.6 Å². The van der Waals surface area contributed by atoms with Gasteiger partial charge in [-0.3, -0.25) is 14.4 Å². The number of nitrogens with one attached hydrogen (secondary N) is 2. The van der Waals surface area contributed by atoms with E-state index in [4.69, 9.17) is 45.4 Å². The van der Waals surface area contributed by atoms with E-state index in [0.29, 0.717) is 37.7 Å². The maximum absolute atomic E-state index is 11.6. The molecular weight excluding hydrogens is 536 g/mol. The fraction of sp³-hybridized carbons (Fsp3) is 0.840. The molecule has 1 aliphatic heterocycles. The lowest BCUT2D eigenvalue weighted by Crippen LogP contribution is -2.54. The van der Waals surface area contributed by atoms with Crippen molar-refractivity contribution in [1.29, 1.82) is 0 Å². The summed E-state index contributed by atoms with van der Waals surface area (Å²) in [6.07, 6.45) is -2.14. The van der Waals surface area contributed by atoms with E-state index in [1.54, 1.807) is 14.2 Å². The molecule has 8 atom stereocenters. The van der Waals surface area contributed by atoms with Crippen LogP contribution in [0.2, 0.25) is 0 Å². The minimum absolute atomic E-state index is 0.0298. The van der Waals surface area contributed by atoms with Gasteiger partial charge in [-0.1, -0.05) is 0 Å². The monoisotopic (exact) mass is 578 g/mol. The average Bonchev–Trinajstić information content (AvgIpc) is 3.14. The van der Waals surface area contributed by atoms with Crippen LogP contribution in [0.1, 0.15) is 46.5 Å².